The molecule has 0 aliphatic rings. The number of hydrogen-bond acceptors (Lipinski definition) is 4. The van der Waals surface area contributed by atoms with Gasteiger partial charge in [-0.3, -0.25) is 4.99 Å². The van der Waals surface area contributed by atoms with Crippen molar-refractivity contribution in [2.45, 2.75) is 13.5 Å². The highest BCUT2D eigenvalue weighted by Crippen LogP contribution is 2.18. The van der Waals surface area contributed by atoms with Crippen LogP contribution in [0.4, 0.5) is 5.69 Å². The molecule has 1 N–H and O–H groups in total. The zero-order valence-corrected chi connectivity index (χ0v) is 12.3. The number of esters is 1. The first kappa shape index (κ1) is 15.5. The summed E-state index contributed by atoms with van der Waals surface area (Å²) in [5.74, 6) is -0.235. The quantitative estimate of drug-likeness (QED) is 0.519. The number of aromatic hydroxyl groups is 1. The van der Waals surface area contributed by atoms with Crippen molar-refractivity contribution in [2.24, 2.45) is 4.99 Å². The fraction of sp³-hybridized carbons (Fsp3) is 0.111. The van der Waals surface area contributed by atoms with Crippen LogP contribution in [-0.2, 0) is 16.1 Å². The SMILES string of the molecule is C=C(C)C(=O)OCc1cccc(N=Cc2ccccc2O)c1. The van der Waals surface area contributed by atoms with Crippen molar-refractivity contribution in [3.05, 3.63) is 71.8 Å². The molecular weight excluding hydrogens is 278 g/mol. The van der Waals surface area contributed by atoms with Crippen LogP contribution in [0.5, 0.6) is 5.75 Å². The van der Waals surface area contributed by atoms with Crippen molar-refractivity contribution >= 4 is 17.9 Å². The number of para-hydroxylation sites is 1. The maximum atomic E-state index is 11.4. The summed E-state index contributed by atoms with van der Waals surface area (Å²) in [6, 6.07) is 14.3. The molecule has 0 radical (unpaired) electrons. The Kier molecular flexibility index (Phi) is 5.09. The van der Waals surface area contributed by atoms with E-state index in [1.165, 1.54) is 0 Å². The number of aliphatic imine (C=N–C) groups is 1. The fourth-order valence-corrected chi connectivity index (χ4v) is 1.74. The molecule has 4 heteroatoms. The zero-order chi connectivity index (χ0) is 15.9. The molecule has 0 atom stereocenters. The summed E-state index contributed by atoms with van der Waals surface area (Å²) < 4.78 is 5.10. The van der Waals surface area contributed by atoms with E-state index >= 15 is 0 Å². The van der Waals surface area contributed by atoms with Gasteiger partial charge >= 0.3 is 5.97 Å². The lowest BCUT2D eigenvalue weighted by Crippen LogP contribution is -2.04. The van der Waals surface area contributed by atoms with E-state index in [0.29, 0.717) is 16.8 Å². The van der Waals surface area contributed by atoms with Crippen LogP contribution in [0.3, 0.4) is 0 Å². The topological polar surface area (TPSA) is 58.9 Å². The maximum Gasteiger partial charge on any atom is 0.333 e. The minimum Gasteiger partial charge on any atom is -0.507 e. The molecule has 0 heterocycles. The van der Waals surface area contributed by atoms with Gasteiger partial charge in [0, 0.05) is 17.4 Å². The van der Waals surface area contributed by atoms with Crippen LogP contribution in [-0.4, -0.2) is 17.3 Å². The van der Waals surface area contributed by atoms with Gasteiger partial charge in [0.15, 0.2) is 0 Å². The Hall–Kier alpha value is -2.88. The Morgan fingerprint density at radius 3 is 2.77 bits per heavy atom. The number of benzene rings is 2. The molecule has 0 aliphatic heterocycles. The molecule has 0 amide bonds. The molecule has 0 bridgehead atoms. The van der Waals surface area contributed by atoms with E-state index in [1.54, 1.807) is 31.3 Å². The summed E-state index contributed by atoms with van der Waals surface area (Å²) in [7, 11) is 0. The molecule has 0 aliphatic carbocycles. The summed E-state index contributed by atoms with van der Waals surface area (Å²) in [6.45, 7) is 5.31. The van der Waals surface area contributed by atoms with E-state index in [-0.39, 0.29) is 12.4 Å². The second-order valence-corrected chi connectivity index (χ2v) is 4.84. The van der Waals surface area contributed by atoms with Crippen molar-refractivity contribution in [3.63, 3.8) is 0 Å². The van der Waals surface area contributed by atoms with Crippen LogP contribution in [0, 0.1) is 0 Å². The predicted octanol–water partition coefficient (Wildman–Crippen LogP) is 3.76. The van der Waals surface area contributed by atoms with Crippen LogP contribution in [0.15, 0.2) is 65.7 Å². The number of ether oxygens (including phenoxy) is 1. The average molecular weight is 295 g/mol. The molecule has 0 aromatic heterocycles. The third kappa shape index (κ3) is 4.31. The molecule has 0 unspecified atom stereocenters. The Balaban J connectivity index is 2.07. The Morgan fingerprint density at radius 2 is 2.05 bits per heavy atom. The van der Waals surface area contributed by atoms with Crippen molar-refractivity contribution in [3.8, 4) is 5.75 Å². The van der Waals surface area contributed by atoms with Crippen molar-refractivity contribution in [1.82, 2.24) is 0 Å². The first-order valence-corrected chi connectivity index (χ1v) is 6.80. The lowest BCUT2D eigenvalue weighted by Gasteiger charge is -2.05. The molecule has 2 aromatic rings. The first-order valence-electron chi connectivity index (χ1n) is 6.80. The van der Waals surface area contributed by atoms with E-state index in [2.05, 4.69) is 11.6 Å². The summed E-state index contributed by atoms with van der Waals surface area (Å²) in [4.78, 5) is 15.7. The number of hydrogen-bond donors (Lipinski definition) is 1. The van der Waals surface area contributed by atoms with E-state index in [0.717, 1.165) is 5.56 Å². The lowest BCUT2D eigenvalue weighted by molar-refractivity contribution is -0.140. The molecule has 0 fully saturated rings. The van der Waals surface area contributed by atoms with Gasteiger partial charge in [0.05, 0.1) is 5.69 Å². The number of carbonyl (C=O) groups is 1. The van der Waals surface area contributed by atoms with E-state index in [9.17, 15) is 9.90 Å². The number of rotatable bonds is 5. The van der Waals surface area contributed by atoms with Gasteiger partial charge in [-0.05, 0) is 36.8 Å². The van der Waals surface area contributed by atoms with E-state index in [4.69, 9.17) is 4.74 Å². The normalized spacial score (nSPS) is 10.6. The standard InChI is InChI=1S/C18H17NO3/c1-13(2)18(21)22-12-14-6-5-8-16(10-14)19-11-15-7-3-4-9-17(15)20/h3-11,20H,1,12H2,2H3. The number of nitrogens with zero attached hydrogens (tertiary/aromatic N) is 1. The Labute approximate surface area is 129 Å². The zero-order valence-electron chi connectivity index (χ0n) is 12.3. The van der Waals surface area contributed by atoms with Gasteiger partial charge in [-0.1, -0.05) is 30.8 Å². The minimum atomic E-state index is -0.414. The molecule has 2 aromatic carbocycles. The van der Waals surface area contributed by atoms with Gasteiger partial charge in [-0.15, -0.1) is 0 Å². The van der Waals surface area contributed by atoms with E-state index in [1.807, 2.05) is 30.3 Å². The van der Waals surface area contributed by atoms with Crippen LogP contribution in [0.25, 0.3) is 0 Å². The van der Waals surface area contributed by atoms with Crippen LogP contribution in [0.2, 0.25) is 0 Å². The summed E-state index contributed by atoms with van der Waals surface area (Å²) in [5, 5.41) is 9.68. The van der Waals surface area contributed by atoms with Gasteiger partial charge in [-0.2, -0.15) is 0 Å². The highest BCUT2D eigenvalue weighted by atomic mass is 16.5. The third-order valence-electron chi connectivity index (χ3n) is 2.92. The van der Waals surface area contributed by atoms with Crippen molar-refractivity contribution in [2.75, 3.05) is 0 Å². The van der Waals surface area contributed by atoms with Gasteiger partial charge in [0.25, 0.3) is 0 Å². The van der Waals surface area contributed by atoms with Crippen molar-refractivity contribution in [1.29, 1.82) is 0 Å². The van der Waals surface area contributed by atoms with Gasteiger partial charge in [-0.25, -0.2) is 4.79 Å². The first-order chi connectivity index (χ1) is 10.6. The number of phenolic OH excluding ortho intramolecular Hbond substituents is 1. The van der Waals surface area contributed by atoms with Crippen LogP contribution in [0.1, 0.15) is 18.1 Å². The molecule has 0 saturated heterocycles. The highest BCUT2D eigenvalue weighted by Gasteiger charge is 2.04. The monoisotopic (exact) mass is 295 g/mol. The highest BCUT2D eigenvalue weighted by molar-refractivity contribution is 5.87. The number of carbonyl (C=O) groups excluding carboxylic acids is 1. The van der Waals surface area contributed by atoms with Crippen LogP contribution < -0.4 is 0 Å². The largest absolute Gasteiger partial charge is 0.507 e. The lowest BCUT2D eigenvalue weighted by atomic mass is 10.2. The van der Waals surface area contributed by atoms with E-state index < -0.39 is 5.97 Å². The van der Waals surface area contributed by atoms with Gasteiger partial charge < -0.3 is 9.84 Å². The Morgan fingerprint density at radius 1 is 1.27 bits per heavy atom. The average Bonchev–Trinajstić information content (AvgIpc) is 2.52. The van der Waals surface area contributed by atoms with Gasteiger partial charge in [0.2, 0.25) is 0 Å². The summed E-state index contributed by atoms with van der Waals surface area (Å²) >= 11 is 0. The maximum absolute atomic E-state index is 11.4. The summed E-state index contributed by atoms with van der Waals surface area (Å²) in [5.41, 5.74) is 2.56. The molecule has 2 rings (SSSR count). The molecule has 0 spiro atoms. The van der Waals surface area contributed by atoms with Crippen LogP contribution >= 0.6 is 0 Å². The van der Waals surface area contributed by atoms with Crippen molar-refractivity contribution < 1.29 is 14.6 Å². The molecule has 4 nitrogen and oxygen atoms in total. The number of phenols is 1. The molecular formula is C18H17NO3. The predicted molar refractivity (Wildman–Crippen MR) is 86.4 cm³/mol. The van der Waals surface area contributed by atoms with Gasteiger partial charge in [0.1, 0.15) is 12.4 Å². The molecule has 22 heavy (non-hydrogen) atoms. The molecule has 0 saturated carbocycles. The smallest absolute Gasteiger partial charge is 0.333 e. The third-order valence-corrected chi connectivity index (χ3v) is 2.92. The summed E-state index contributed by atoms with van der Waals surface area (Å²) in [6.07, 6.45) is 1.59. The Bertz CT molecular complexity index is 720. The minimum absolute atomic E-state index is 0.172. The second-order valence-electron chi connectivity index (χ2n) is 4.84. The molecule has 112 valence electrons. The fourth-order valence-electron chi connectivity index (χ4n) is 1.74. The second kappa shape index (κ2) is 7.22.